The van der Waals surface area contributed by atoms with E-state index in [-0.39, 0.29) is 0 Å². The van der Waals surface area contributed by atoms with E-state index in [9.17, 15) is 8.42 Å². The largest absolute Gasteiger partial charge is 0.340 e. The zero-order valence-corrected chi connectivity index (χ0v) is 14.0. The molecule has 1 aliphatic rings. The van der Waals surface area contributed by atoms with E-state index < -0.39 is 10.0 Å². The Morgan fingerprint density at radius 2 is 1.55 bits per heavy atom. The Morgan fingerprint density at radius 1 is 1.00 bits per heavy atom. The van der Waals surface area contributed by atoms with Gasteiger partial charge in [0.1, 0.15) is 0 Å². The van der Waals surface area contributed by atoms with Gasteiger partial charge in [0.05, 0.1) is 17.6 Å². The van der Waals surface area contributed by atoms with Crippen LogP contribution >= 0.6 is 11.8 Å². The fourth-order valence-electron chi connectivity index (χ4n) is 2.52. The fourth-order valence-corrected chi connectivity index (χ4v) is 4.13. The molecule has 0 aliphatic carbocycles. The van der Waals surface area contributed by atoms with Crippen molar-refractivity contribution in [2.45, 2.75) is 16.2 Å². The van der Waals surface area contributed by atoms with Crippen LogP contribution in [0.4, 0.5) is 11.4 Å². The van der Waals surface area contributed by atoms with Gasteiger partial charge in [-0.15, -0.1) is 0 Å². The van der Waals surface area contributed by atoms with E-state index in [1.165, 1.54) is 27.4 Å². The van der Waals surface area contributed by atoms with Crippen LogP contribution in [-0.4, -0.2) is 27.8 Å². The van der Waals surface area contributed by atoms with Crippen molar-refractivity contribution in [3.05, 3.63) is 48.5 Å². The van der Waals surface area contributed by atoms with E-state index in [2.05, 4.69) is 33.9 Å². The Morgan fingerprint density at radius 3 is 2.09 bits per heavy atom. The molecule has 0 amide bonds. The molecule has 2 aromatic rings. The lowest BCUT2D eigenvalue weighted by Crippen LogP contribution is -2.28. The normalized spacial score (nSPS) is 13.6. The van der Waals surface area contributed by atoms with Crippen LogP contribution in [-0.2, 0) is 10.0 Å². The second kappa shape index (κ2) is 6.32. The maximum Gasteiger partial charge on any atom is 0.208 e. The Kier molecular flexibility index (Phi) is 4.42. The number of benzene rings is 2. The van der Waals surface area contributed by atoms with E-state index in [0.717, 1.165) is 13.0 Å². The maximum atomic E-state index is 11.2. The molecule has 4 nitrogen and oxygen atoms in total. The number of nitrogens with one attached hydrogen (secondary N) is 1. The lowest BCUT2D eigenvalue weighted by atomic mass is 10.2. The van der Waals surface area contributed by atoms with E-state index in [1.54, 1.807) is 11.8 Å². The number of anilines is 2. The van der Waals surface area contributed by atoms with Crippen molar-refractivity contribution in [3.63, 3.8) is 0 Å². The van der Waals surface area contributed by atoms with Crippen molar-refractivity contribution in [1.29, 1.82) is 0 Å². The lowest BCUT2D eigenvalue weighted by molar-refractivity contribution is 0.585. The third kappa shape index (κ3) is 3.45. The molecule has 0 atom stereocenters. The zero-order valence-electron chi connectivity index (χ0n) is 12.3. The molecular formula is C16H18N2O2S2. The minimum atomic E-state index is -3.12. The van der Waals surface area contributed by atoms with Gasteiger partial charge in [0.2, 0.25) is 10.0 Å². The van der Waals surface area contributed by atoms with Gasteiger partial charge in [0.25, 0.3) is 0 Å². The smallest absolute Gasteiger partial charge is 0.208 e. The minimum Gasteiger partial charge on any atom is -0.340 e. The predicted molar refractivity (Wildman–Crippen MR) is 91.5 cm³/mol. The highest BCUT2D eigenvalue weighted by Crippen LogP contribution is 2.47. The van der Waals surface area contributed by atoms with Gasteiger partial charge < -0.3 is 4.90 Å². The molecule has 6 heteroatoms. The van der Waals surface area contributed by atoms with Gasteiger partial charge in [-0.25, -0.2) is 13.1 Å². The highest BCUT2D eigenvalue weighted by molar-refractivity contribution is 7.99. The van der Waals surface area contributed by atoms with Crippen molar-refractivity contribution >= 4 is 33.2 Å². The van der Waals surface area contributed by atoms with Crippen LogP contribution in [0, 0.1) is 0 Å². The first-order valence-corrected chi connectivity index (χ1v) is 9.83. The van der Waals surface area contributed by atoms with Crippen LogP contribution in [0.2, 0.25) is 0 Å². The molecule has 1 N–H and O–H groups in total. The van der Waals surface area contributed by atoms with E-state index in [1.807, 2.05) is 24.3 Å². The summed E-state index contributed by atoms with van der Waals surface area (Å²) in [5.74, 6) is 0. The summed E-state index contributed by atoms with van der Waals surface area (Å²) in [5, 5.41) is 0. The van der Waals surface area contributed by atoms with Crippen LogP contribution in [0.25, 0.3) is 0 Å². The summed E-state index contributed by atoms with van der Waals surface area (Å²) < 4.78 is 24.9. The van der Waals surface area contributed by atoms with Crippen LogP contribution in [0.1, 0.15) is 6.42 Å². The standard InChI is InChI=1S/C16H18N2O2S2/c1-22(19,20)17-11-6-12-18-13-7-2-4-9-15(13)21-16-10-5-3-8-14(16)18/h2-5,7-10,17H,6,11-12H2,1H3. The average Bonchev–Trinajstić information content (AvgIpc) is 2.49. The molecule has 0 fully saturated rings. The van der Waals surface area contributed by atoms with Gasteiger partial charge >= 0.3 is 0 Å². The Bertz CT molecular complexity index is 730. The maximum absolute atomic E-state index is 11.2. The van der Waals surface area contributed by atoms with Gasteiger partial charge in [-0.05, 0) is 30.7 Å². The topological polar surface area (TPSA) is 49.4 Å². The highest BCUT2D eigenvalue weighted by Gasteiger charge is 2.22. The van der Waals surface area contributed by atoms with Crippen molar-refractivity contribution in [2.24, 2.45) is 0 Å². The first-order chi connectivity index (χ1) is 10.5. The molecule has 0 unspecified atom stereocenters. The van der Waals surface area contributed by atoms with Crippen LogP contribution in [0.5, 0.6) is 0 Å². The SMILES string of the molecule is CS(=O)(=O)NCCCN1c2ccccc2Sc2ccccc21. The molecule has 0 radical (unpaired) electrons. The Hall–Kier alpha value is -1.50. The molecule has 1 heterocycles. The molecule has 22 heavy (non-hydrogen) atoms. The average molecular weight is 334 g/mol. The van der Waals surface area contributed by atoms with Crippen molar-refractivity contribution < 1.29 is 8.42 Å². The van der Waals surface area contributed by atoms with Crippen molar-refractivity contribution in [2.75, 3.05) is 24.2 Å². The molecule has 2 aromatic carbocycles. The summed E-state index contributed by atoms with van der Waals surface area (Å²) in [5.41, 5.74) is 2.37. The summed E-state index contributed by atoms with van der Waals surface area (Å²) in [4.78, 5) is 4.74. The van der Waals surface area contributed by atoms with Crippen molar-refractivity contribution in [3.8, 4) is 0 Å². The molecular weight excluding hydrogens is 316 g/mol. The number of hydrogen-bond donors (Lipinski definition) is 1. The number of para-hydroxylation sites is 2. The second-order valence-electron chi connectivity index (χ2n) is 5.21. The highest BCUT2D eigenvalue weighted by atomic mass is 32.2. The molecule has 0 saturated carbocycles. The number of rotatable bonds is 5. The van der Waals surface area contributed by atoms with Gasteiger partial charge in [0, 0.05) is 22.9 Å². The molecule has 0 bridgehead atoms. The minimum absolute atomic E-state index is 0.451. The third-order valence-corrected chi connectivity index (χ3v) is 5.31. The van der Waals surface area contributed by atoms with E-state index in [4.69, 9.17) is 0 Å². The summed E-state index contributed by atoms with van der Waals surface area (Å²) in [6.07, 6.45) is 1.94. The third-order valence-electron chi connectivity index (χ3n) is 3.45. The first-order valence-electron chi connectivity index (χ1n) is 7.13. The van der Waals surface area contributed by atoms with Gasteiger partial charge in [-0.2, -0.15) is 0 Å². The number of nitrogens with zero attached hydrogens (tertiary/aromatic N) is 1. The first kappa shape index (κ1) is 15.4. The summed E-state index contributed by atoms with van der Waals surface area (Å²) >= 11 is 1.78. The Labute approximate surface area is 135 Å². The molecule has 3 rings (SSSR count). The van der Waals surface area contributed by atoms with Crippen molar-refractivity contribution in [1.82, 2.24) is 4.72 Å². The van der Waals surface area contributed by atoms with E-state index >= 15 is 0 Å². The summed E-state index contributed by atoms with van der Waals surface area (Å²) in [7, 11) is -3.12. The number of fused-ring (bicyclic) bond motifs is 2. The summed E-state index contributed by atoms with van der Waals surface area (Å²) in [6, 6.07) is 16.6. The predicted octanol–water partition coefficient (Wildman–Crippen LogP) is 3.23. The number of hydrogen-bond acceptors (Lipinski definition) is 4. The van der Waals surface area contributed by atoms with E-state index in [0.29, 0.717) is 6.54 Å². The molecule has 0 saturated heterocycles. The Balaban J connectivity index is 1.81. The van der Waals surface area contributed by atoms with Gasteiger partial charge in [0.15, 0.2) is 0 Å². The van der Waals surface area contributed by atoms with Crippen LogP contribution < -0.4 is 9.62 Å². The molecule has 0 spiro atoms. The second-order valence-corrected chi connectivity index (χ2v) is 8.13. The summed E-state index contributed by atoms with van der Waals surface area (Å²) in [6.45, 7) is 1.23. The monoisotopic (exact) mass is 334 g/mol. The number of sulfonamides is 1. The van der Waals surface area contributed by atoms with Gasteiger partial charge in [-0.3, -0.25) is 0 Å². The lowest BCUT2D eigenvalue weighted by Gasteiger charge is -2.32. The quantitative estimate of drug-likeness (QED) is 0.853. The molecule has 1 aliphatic heterocycles. The zero-order chi connectivity index (χ0) is 15.6. The molecule has 116 valence electrons. The van der Waals surface area contributed by atoms with Crippen LogP contribution in [0.15, 0.2) is 58.3 Å². The van der Waals surface area contributed by atoms with Gasteiger partial charge in [-0.1, -0.05) is 36.0 Å². The van der Waals surface area contributed by atoms with Crippen LogP contribution in [0.3, 0.4) is 0 Å². The molecule has 0 aromatic heterocycles. The fraction of sp³-hybridized carbons (Fsp3) is 0.250.